The highest BCUT2D eigenvalue weighted by molar-refractivity contribution is 6.33. The van der Waals surface area contributed by atoms with Crippen molar-refractivity contribution in [3.05, 3.63) is 29.1 Å². The normalized spacial score (nSPS) is 10.4. The maximum absolute atomic E-state index is 11.3. The predicted molar refractivity (Wildman–Crippen MR) is 60.1 cm³/mol. The Hall–Kier alpha value is -1.68. The minimum absolute atomic E-state index is 0.189. The van der Waals surface area contributed by atoms with Crippen molar-refractivity contribution in [3.63, 3.8) is 0 Å². The molecule has 5 heteroatoms. The molecule has 0 radical (unpaired) electrons. The highest BCUT2D eigenvalue weighted by atomic mass is 35.5. The zero-order valence-corrected chi connectivity index (χ0v) is 9.59. The van der Waals surface area contributed by atoms with Crippen LogP contribution >= 0.6 is 11.6 Å². The van der Waals surface area contributed by atoms with Crippen LogP contribution in [-0.4, -0.2) is 17.9 Å². The van der Waals surface area contributed by atoms with Crippen LogP contribution in [0.25, 0.3) is 11.5 Å². The molecule has 0 aliphatic heterocycles. The summed E-state index contributed by atoms with van der Waals surface area (Å²) in [5, 5.41) is 0.534. The van der Waals surface area contributed by atoms with E-state index in [-0.39, 0.29) is 11.5 Å². The molecule has 2 aromatic heterocycles. The molecule has 1 N–H and O–H groups in total. The van der Waals surface area contributed by atoms with Crippen molar-refractivity contribution in [1.82, 2.24) is 4.98 Å². The minimum Gasteiger partial charge on any atom is -0.493 e. The van der Waals surface area contributed by atoms with E-state index in [0.29, 0.717) is 22.2 Å². The van der Waals surface area contributed by atoms with Crippen molar-refractivity contribution in [2.45, 2.75) is 6.92 Å². The monoisotopic (exact) mass is 239 g/mol. The first kappa shape index (κ1) is 10.8. The van der Waals surface area contributed by atoms with Crippen molar-refractivity contribution < 1.29 is 13.9 Å². The van der Waals surface area contributed by atoms with Crippen LogP contribution in [0, 0.1) is 0 Å². The van der Waals surface area contributed by atoms with Crippen LogP contribution in [0.3, 0.4) is 0 Å². The number of ketones is 1. The van der Waals surface area contributed by atoms with Gasteiger partial charge in [0.1, 0.15) is 5.69 Å². The van der Waals surface area contributed by atoms with Crippen LogP contribution in [0.4, 0.5) is 0 Å². The standard InChI is InChI=1S/C11H10ClNO3/c1-6(14)11-9(15-2)5-8(16-11)10-7(12)3-4-13-10/h3-5,13H,1-2H3. The quantitative estimate of drug-likeness (QED) is 0.838. The van der Waals surface area contributed by atoms with E-state index in [0.717, 1.165) is 0 Å². The van der Waals surface area contributed by atoms with Gasteiger partial charge >= 0.3 is 0 Å². The zero-order valence-electron chi connectivity index (χ0n) is 8.83. The van der Waals surface area contributed by atoms with Crippen LogP contribution < -0.4 is 4.74 Å². The van der Waals surface area contributed by atoms with Gasteiger partial charge in [0, 0.05) is 19.2 Å². The van der Waals surface area contributed by atoms with Crippen LogP contribution in [0.5, 0.6) is 5.75 Å². The Labute approximate surface area is 97.2 Å². The lowest BCUT2D eigenvalue weighted by molar-refractivity contribution is 0.0984. The summed E-state index contributed by atoms with van der Waals surface area (Å²) in [5.41, 5.74) is 0.632. The molecule has 0 saturated carbocycles. The van der Waals surface area contributed by atoms with E-state index in [1.54, 1.807) is 18.3 Å². The summed E-state index contributed by atoms with van der Waals surface area (Å²) in [6.45, 7) is 1.42. The number of furan rings is 1. The zero-order chi connectivity index (χ0) is 11.7. The molecule has 4 nitrogen and oxygen atoms in total. The first-order valence-corrected chi connectivity index (χ1v) is 5.03. The number of nitrogens with one attached hydrogen (secondary N) is 1. The number of carbonyl (C=O) groups is 1. The van der Waals surface area contributed by atoms with Crippen LogP contribution in [-0.2, 0) is 0 Å². The summed E-state index contributed by atoms with van der Waals surface area (Å²) < 4.78 is 10.5. The van der Waals surface area contributed by atoms with Gasteiger partial charge in [0.25, 0.3) is 0 Å². The van der Waals surface area contributed by atoms with E-state index < -0.39 is 0 Å². The number of Topliss-reactive ketones (excluding diaryl/α,β-unsaturated/α-hetero) is 1. The number of halogens is 1. The number of ether oxygens (including phenoxy) is 1. The summed E-state index contributed by atoms with van der Waals surface area (Å²) in [4.78, 5) is 14.2. The Bertz CT molecular complexity index is 527. The molecule has 2 aromatic rings. The van der Waals surface area contributed by atoms with E-state index in [1.165, 1.54) is 14.0 Å². The molecule has 0 amide bonds. The van der Waals surface area contributed by atoms with E-state index in [1.807, 2.05) is 0 Å². The van der Waals surface area contributed by atoms with Gasteiger partial charge < -0.3 is 14.1 Å². The topological polar surface area (TPSA) is 55.2 Å². The second kappa shape index (κ2) is 4.06. The molecule has 16 heavy (non-hydrogen) atoms. The summed E-state index contributed by atoms with van der Waals surface area (Å²) in [6.07, 6.45) is 1.69. The molecule has 2 heterocycles. The van der Waals surface area contributed by atoms with Crippen molar-refractivity contribution in [2.75, 3.05) is 7.11 Å². The van der Waals surface area contributed by atoms with E-state index >= 15 is 0 Å². The summed E-state index contributed by atoms with van der Waals surface area (Å²) in [6, 6.07) is 3.34. The molecular weight excluding hydrogens is 230 g/mol. The largest absolute Gasteiger partial charge is 0.493 e. The predicted octanol–water partition coefficient (Wildman–Crippen LogP) is 3.14. The van der Waals surface area contributed by atoms with Crippen LogP contribution in [0.1, 0.15) is 17.5 Å². The second-order valence-corrected chi connectivity index (χ2v) is 3.67. The first-order chi connectivity index (χ1) is 7.63. The van der Waals surface area contributed by atoms with Gasteiger partial charge in [-0.05, 0) is 6.07 Å². The molecule has 0 bridgehead atoms. The highest BCUT2D eigenvalue weighted by Gasteiger charge is 2.18. The van der Waals surface area contributed by atoms with Crippen molar-refractivity contribution in [2.24, 2.45) is 0 Å². The first-order valence-electron chi connectivity index (χ1n) is 4.65. The smallest absolute Gasteiger partial charge is 0.212 e. The Balaban J connectivity index is 2.52. The van der Waals surface area contributed by atoms with Crippen molar-refractivity contribution >= 4 is 17.4 Å². The van der Waals surface area contributed by atoms with Crippen molar-refractivity contribution in [1.29, 1.82) is 0 Å². The molecule has 0 atom stereocenters. The maximum Gasteiger partial charge on any atom is 0.212 e. The molecule has 0 spiro atoms. The van der Waals surface area contributed by atoms with Gasteiger partial charge in [0.2, 0.25) is 5.76 Å². The molecular formula is C11H10ClNO3. The minimum atomic E-state index is -0.189. The molecule has 84 valence electrons. The summed E-state index contributed by atoms with van der Waals surface area (Å²) in [5.74, 6) is 0.902. The lowest BCUT2D eigenvalue weighted by Crippen LogP contribution is -1.92. The third-order valence-corrected chi connectivity index (χ3v) is 2.50. The van der Waals surface area contributed by atoms with Gasteiger partial charge in [-0.1, -0.05) is 11.6 Å². The molecule has 0 saturated heterocycles. The van der Waals surface area contributed by atoms with Gasteiger partial charge in [-0.3, -0.25) is 4.79 Å². The fourth-order valence-corrected chi connectivity index (χ4v) is 1.64. The van der Waals surface area contributed by atoms with E-state index in [9.17, 15) is 4.79 Å². The Morgan fingerprint density at radius 2 is 2.31 bits per heavy atom. The number of hydrogen-bond acceptors (Lipinski definition) is 3. The van der Waals surface area contributed by atoms with Gasteiger partial charge in [-0.25, -0.2) is 0 Å². The van der Waals surface area contributed by atoms with E-state index in [4.69, 9.17) is 20.8 Å². The average molecular weight is 240 g/mol. The van der Waals surface area contributed by atoms with Gasteiger partial charge in [0.05, 0.1) is 12.1 Å². The number of aromatic nitrogens is 1. The van der Waals surface area contributed by atoms with Gasteiger partial charge in [-0.15, -0.1) is 0 Å². The number of carbonyl (C=O) groups excluding carboxylic acids is 1. The average Bonchev–Trinajstić information content (AvgIpc) is 2.82. The summed E-state index contributed by atoms with van der Waals surface area (Å²) in [7, 11) is 1.48. The molecule has 0 fully saturated rings. The molecule has 2 rings (SSSR count). The van der Waals surface area contributed by atoms with Crippen molar-refractivity contribution in [3.8, 4) is 17.2 Å². The lowest BCUT2D eigenvalue weighted by atomic mass is 10.3. The molecule has 0 aliphatic rings. The number of aromatic amines is 1. The van der Waals surface area contributed by atoms with Crippen LogP contribution in [0.15, 0.2) is 22.7 Å². The fourth-order valence-electron chi connectivity index (χ4n) is 1.43. The van der Waals surface area contributed by atoms with E-state index in [2.05, 4.69) is 4.98 Å². The Morgan fingerprint density at radius 1 is 1.56 bits per heavy atom. The third kappa shape index (κ3) is 1.72. The number of H-pyrrole nitrogens is 1. The third-order valence-electron chi connectivity index (χ3n) is 2.18. The number of methoxy groups -OCH3 is 1. The SMILES string of the molecule is COc1cc(-c2[nH]ccc2Cl)oc1C(C)=O. The van der Waals surface area contributed by atoms with Gasteiger partial charge in [0.15, 0.2) is 17.3 Å². The summed E-state index contributed by atoms with van der Waals surface area (Å²) >= 11 is 5.94. The fraction of sp³-hybridized carbons (Fsp3) is 0.182. The maximum atomic E-state index is 11.3. The second-order valence-electron chi connectivity index (χ2n) is 3.26. The number of rotatable bonds is 3. The van der Waals surface area contributed by atoms with Crippen LogP contribution in [0.2, 0.25) is 5.02 Å². The number of hydrogen-bond donors (Lipinski definition) is 1. The Kier molecular flexibility index (Phi) is 2.75. The molecule has 0 aliphatic carbocycles. The molecule has 0 aromatic carbocycles. The Morgan fingerprint density at radius 3 is 2.75 bits per heavy atom. The van der Waals surface area contributed by atoms with Gasteiger partial charge in [-0.2, -0.15) is 0 Å². The highest BCUT2D eigenvalue weighted by Crippen LogP contribution is 2.33. The molecule has 0 unspecified atom stereocenters. The lowest BCUT2D eigenvalue weighted by Gasteiger charge is -1.94.